The first-order valence-electron chi connectivity index (χ1n) is 4.75. The van der Waals surface area contributed by atoms with E-state index in [-0.39, 0.29) is 5.78 Å². The van der Waals surface area contributed by atoms with Gasteiger partial charge in [0, 0.05) is 10.9 Å². The van der Waals surface area contributed by atoms with Crippen molar-refractivity contribution in [2.24, 2.45) is 0 Å². The van der Waals surface area contributed by atoms with E-state index in [1.165, 1.54) is 5.56 Å². The molecule has 0 heterocycles. The molecule has 0 amide bonds. The average Bonchev–Trinajstić information content (AvgIpc) is 2.16. The first kappa shape index (κ1) is 12.9. The Morgan fingerprint density at radius 2 is 2.00 bits per heavy atom. The van der Waals surface area contributed by atoms with E-state index < -0.39 is 4.32 Å². The van der Waals surface area contributed by atoms with Crippen molar-refractivity contribution < 1.29 is 4.79 Å². The molecule has 0 saturated heterocycles. The van der Waals surface area contributed by atoms with Gasteiger partial charge in [-0.1, -0.05) is 44.0 Å². The SMILES string of the molecule is Cc1ccc(C(=O)C(C)(C)Br)cc1CBr. The van der Waals surface area contributed by atoms with Crippen molar-refractivity contribution in [2.75, 3.05) is 0 Å². The van der Waals surface area contributed by atoms with Crippen LogP contribution in [-0.2, 0) is 5.33 Å². The second-order valence-electron chi connectivity index (χ2n) is 4.08. The van der Waals surface area contributed by atoms with Gasteiger partial charge in [-0.25, -0.2) is 0 Å². The summed E-state index contributed by atoms with van der Waals surface area (Å²) in [5.41, 5.74) is 3.13. The van der Waals surface area contributed by atoms with Gasteiger partial charge in [0.1, 0.15) is 0 Å². The van der Waals surface area contributed by atoms with Crippen LogP contribution in [0.15, 0.2) is 18.2 Å². The zero-order valence-corrected chi connectivity index (χ0v) is 12.3. The van der Waals surface area contributed by atoms with Crippen LogP contribution in [0.25, 0.3) is 0 Å². The maximum absolute atomic E-state index is 12.0. The Bertz CT molecular complexity index is 378. The molecule has 0 aliphatic heterocycles. The van der Waals surface area contributed by atoms with E-state index in [9.17, 15) is 4.79 Å². The molecular formula is C12H14Br2O. The minimum absolute atomic E-state index is 0.115. The summed E-state index contributed by atoms with van der Waals surface area (Å²) in [5, 5.41) is 0.780. The van der Waals surface area contributed by atoms with Gasteiger partial charge in [-0.15, -0.1) is 0 Å². The highest BCUT2D eigenvalue weighted by molar-refractivity contribution is 9.10. The highest BCUT2D eigenvalue weighted by Crippen LogP contribution is 2.24. The number of ketones is 1. The number of carbonyl (C=O) groups excluding carboxylic acids is 1. The van der Waals surface area contributed by atoms with Crippen molar-refractivity contribution in [3.8, 4) is 0 Å². The number of alkyl halides is 2. The lowest BCUT2D eigenvalue weighted by molar-refractivity contribution is 0.0961. The fraction of sp³-hybridized carbons (Fsp3) is 0.417. The van der Waals surface area contributed by atoms with Crippen LogP contribution in [0.1, 0.15) is 35.3 Å². The number of hydrogen-bond donors (Lipinski definition) is 0. The van der Waals surface area contributed by atoms with Gasteiger partial charge in [-0.3, -0.25) is 4.79 Å². The lowest BCUT2D eigenvalue weighted by atomic mass is 9.97. The minimum Gasteiger partial charge on any atom is -0.293 e. The molecule has 15 heavy (non-hydrogen) atoms. The minimum atomic E-state index is -0.494. The maximum atomic E-state index is 12.0. The maximum Gasteiger partial charge on any atom is 0.178 e. The Balaban J connectivity index is 3.12. The molecule has 0 aromatic heterocycles. The first-order chi connectivity index (χ1) is 6.86. The first-order valence-corrected chi connectivity index (χ1v) is 6.67. The summed E-state index contributed by atoms with van der Waals surface area (Å²) in [5.74, 6) is 0.115. The Kier molecular flexibility index (Phi) is 4.13. The third-order valence-corrected chi connectivity index (χ3v) is 3.26. The third-order valence-electron chi connectivity index (χ3n) is 2.30. The second kappa shape index (κ2) is 4.79. The fourth-order valence-electron chi connectivity index (χ4n) is 1.30. The van der Waals surface area contributed by atoms with Gasteiger partial charge < -0.3 is 0 Å². The summed E-state index contributed by atoms with van der Waals surface area (Å²) in [6, 6.07) is 5.82. The van der Waals surface area contributed by atoms with Gasteiger partial charge >= 0.3 is 0 Å². The monoisotopic (exact) mass is 332 g/mol. The van der Waals surface area contributed by atoms with Crippen LogP contribution in [0, 0.1) is 6.92 Å². The van der Waals surface area contributed by atoms with Crippen molar-refractivity contribution in [3.63, 3.8) is 0 Å². The molecule has 1 nitrogen and oxygen atoms in total. The van der Waals surface area contributed by atoms with Gasteiger partial charge in [-0.2, -0.15) is 0 Å². The normalized spacial score (nSPS) is 11.5. The summed E-state index contributed by atoms with van der Waals surface area (Å²) in [6.45, 7) is 5.77. The van der Waals surface area contributed by atoms with Crippen LogP contribution < -0.4 is 0 Å². The molecule has 0 unspecified atom stereocenters. The zero-order chi connectivity index (χ0) is 11.6. The lowest BCUT2D eigenvalue weighted by Crippen LogP contribution is -2.24. The summed E-state index contributed by atoms with van der Waals surface area (Å²) < 4.78 is -0.494. The van der Waals surface area contributed by atoms with Crippen LogP contribution in [0.3, 0.4) is 0 Å². The van der Waals surface area contributed by atoms with Crippen LogP contribution in [-0.4, -0.2) is 10.1 Å². The van der Waals surface area contributed by atoms with E-state index in [2.05, 4.69) is 31.9 Å². The second-order valence-corrected chi connectivity index (χ2v) is 6.62. The van der Waals surface area contributed by atoms with Crippen LogP contribution >= 0.6 is 31.9 Å². The molecule has 0 fully saturated rings. The number of hydrogen-bond acceptors (Lipinski definition) is 1. The van der Waals surface area contributed by atoms with Crippen molar-refractivity contribution in [3.05, 3.63) is 34.9 Å². The molecule has 0 bridgehead atoms. The summed E-state index contributed by atoms with van der Waals surface area (Å²) in [6.07, 6.45) is 0. The predicted molar refractivity (Wildman–Crippen MR) is 71.1 cm³/mol. The number of rotatable bonds is 3. The van der Waals surface area contributed by atoms with Crippen LogP contribution in [0.2, 0.25) is 0 Å². The summed E-state index contributed by atoms with van der Waals surface area (Å²) >= 11 is 6.80. The van der Waals surface area contributed by atoms with Gasteiger partial charge in [0.25, 0.3) is 0 Å². The average molecular weight is 334 g/mol. The van der Waals surface area contributed by atoms with E-state index >= 15 is 0 Å². The number of halogens is 2. The molecule has 0 atom stereocenters. The Morgan fingerprint density at radius 1 is 1.40 bits per heavy atom. The molecule has 1 rings (SSSR count). The van der Waals surface area contributed by atoms with E-state index in [1.54, 1.807) is 0 Å². The zero-order valence-electron chi connectivity index (χ0n) is 9.10. The molecule has 0 saturated carbocycles. The highest BCUT2D eigenvalue weighted by atomic mass is 79.9. The molecule has 1 aromatic carbocycles. The number of Topliss-reactive ketones (excluding diaryl/α,β-unsaturated/α-hetero) is 1. The molecule has 0 radical (unpaired) electrons. The van der Waals surface area contributed by atoms with E-state index in [0.29, 0.717) is 0 Å². The largest absolute Gasteiger partial charge is 0.293 e. The van der Waals surface area contributed by atoms with Crippen molar-refractivity contribution in [1.82, 2.24) is 0 Å². The Labute approximate surface area is 108 Å². The molecule has 3 heteroatoms. The number of carbonyl (C=O) groups is 1. The molecule has 0 N–H and O–H groups in total. The smallest absolute Gasteiger partial charge is 0.178 e. The van der Waals surface area contributed by atoms with Gasteiger partial charge in [0.05, 0.1) is 4.32 Å². The lowest BCUT2D eigenvalue weighted by Gasteiger charge is -2.15. The summed E-state index contributed by atoms with van der Waals surface area (Å²) in [4.78, 5) is 12.0. The Hall–Kier alpha value is -0.150. The van der Waals surface area contributed by atoms with Gasteiger partial charge in [0.15, 0.2) is 5.78 Å². The van der Waals surface area contributed by atoms with Crippen molar-refractivity contribution >= 4 is 37.6 Å². The van der Waals surface area contributed by atoms with Crippen LogP contribution in [0.5, 0.6) is 0 Å². The molecule has 82 valence electrons. The van der Waals surface area contributed by atoms with Crippen LogP contribution in [0.4, 0.5) is 0 Å². The number of benzene rings is 1. The van der Waals surface area contributed by atoms with Crippen molar-refractivity contribution in [1.29, 1.82) is 0 Å². The van der Waals surface area contributed by atoms with E-state index in [1.807, 2.05) is 39.0 Å². The number of aryl methyl sites for hydroxylation is 1. The van der Waals surface area contributed by atoms with Gasteiger partial charge in [-0.05, 0) is 38.0 Å². The Morgan fingerprint density at radius 3 is 2.47 bits per heavy atom. The summed E-state index contributed by atoms with van der Waals surface area (Å²) in [7, 11) is 0. The molecule has 1 aromatic rings. The quantitative estimate of drug-likeness (QED) is 0.597. The molecule has 0 aliphatic rings. The molecular weight excluding hydrogens is 320 g/mol. The topological polar surface area (TPSA) is 17.1 Å². The predicted octanol–water partition coefficient (Wildman–Crippen LogP) is 4.25. The van der Waals surface area contributed by atoms with Gasteiger partial charge in [0.2, 0.25) is 0 Å². The highest BCUT2D eigenvalue weighted by Gasteiger charge is 2.25. The van der Waals surface area contributed by atoms with Crippen molar-refractivity contribution in [2.45, 2.75) is 30.4 Å². The standard InChI is InChI=1S/C12H14Br2O/c1-8-4-5-9(6-10(8)7-13)11(15)12(2,3)14/h4-6H,7H2,1-3H3. The third kappa shape index (κ3) is 3.15. The molecule has 0 spiro atoms. The fourth-order valence-corrected chi connectivity index (χ4v) is 2.13. The van der Waals surface area contributed by atoms with E-state index in [4.69, 9.17) is 0 Å². The van der Waals surface area contributed by atoms with E-state index in [0.717, 1.165) is 16.5 Å². The molecule has 0 aliphatic carbocycles.